The van der Waals surface area contributed by atoms with Gasteiger partial charge in [0.05, 0.1) is 6.61 Å². The van der Waals surface area contributed by atoms with Gasteiger partial charge in [-0.1, -0.05) is 57.2 Å². The Hall–Kier alpha value is -1.31. The molecular weight excluding hydrogens is 371 g/mol. The van der Waals surface area contributed by atoms with E-state index in [0.717, 1.165) is 12.8 Å². The molecule has 1 fully saturated rings. The third kappa shape index (κ3) is 6.59. The van der Waals surface area contributed by atoms with E-state index in [-0.39, 0.29) is 5.82 Å². The first-order valence-corrected chi connectivity index (χ1v) is 12.8. The summed E-state index contributed by atoms with van der Waals surface area (Å²) in [5, 5.41) is 0. The van der Waals surface area contributed by atoms with Gasteiger partial charge in [0.15, 0.2) is 11.6 Å². The van der Waals surface area contributed by atoms with Crippen LogP contribution >= 0.6 is 0 Å². The molecule has 0 radical (unpaired) electrons. The van der Waals surface area contributed by atoms with E-state index < -0.39 is 0 Å². The molecule has 1 aromatic rings. The van der Waals surface area contributed by atoms with Crippen LogP contribution in [0.1, 0.15) is 122 Å². The van der Waals surface area contributed by atoms with Crippen molar-refractivity contribution < 1.29 is 9.13 Å². The van der Waals surface area contributed by atoms with Crippen molar-refractivity contribution in [3.63, 3.8) is 0 Å². The third-order valence-electron chi connectivity index (χ3n) is 7.50. The minimum atomic E-state index is -0.190. The largest absolute Gasteiger partial charge is 0.491 e. The normalized spacial score (nSPS) is 19.9. The summed E-state index contributed by atoms with van der Waals surface area (Å²) < 4.78 is 20.4. The molecule has 0 aromatic heterocycles. The lowest BCUT2D eigenvalue weighted by Gasteiger charge is -2.38. The van der Waals surface area contributed by atoms with E-state index >= 15 is 0 Å². The van der Waals surface area contributed by atoms with Crippen LogP contribution in [-0.4, -0.2) is 6.61 Å². The van der Waals surface area contributed by atoms with Crippen LogP contribution < -0.4 is 4.74 Å². The van der Waals surface area contributed by atoms with E-state index in [2.05, 4.69) is 26.0 Å². The summed E-state index contributed by atoms with van der Waals surface area (Å²) in [6, 6.07) is 5.77. The third-order valence-corrected chi connectivity index (χ3v) is 7.50. The minimum absolute atomic E-state index is 0.190. The highest BCUT2D eigenvalue weighted by atomic mass is 19.1. The van der Waals surface area contributed by atoms with Crippen molar-refractivity contribution in [1.29, 1.82) is 0 Å². The zero-order valence-electron chi connectivity index (χ0n) is 19.5. The van der Waals surface area contributed by atoms with Crippen LogP contribution in [0.5, 0.6) is 5.75 Å². The zero-order chi connectivity index (χ0) is 21.2. The molecule has 0 heterocycles. The van der Waals surface area contributed by atoms with Gasteiger partial charge < -0.3 is 4.74 Å². The van der Waals surface area contributed by atoms with Crippen molar-refractivity contribution in [2.75, 3.05) is 6.61 Å². The second kappa shape index (κ2) is 11.9. The summed E-state index contributed by atoms with van der Waals surface area (Å²) in [6.45, 7) is 4.97. The molecule has 1 unspecified atom stereocenters. The Kier molecular flexibility index (Phi) is 9.27. The van der Waals surface area contributed by atoms with Crippen LogP contribution in [0.3, 0.4) is 0 Å². The molecule has 0 saturated heterocycles. The van der Waals surface area contributed by atoms with Gasteiger partial charge in [0.2, 0.25) is 0 Å². The fourth-order valence-electron chi connectivity index (χ4n) is 5.83. The fraction of sp³-hybridized carbons (Fsp3) is 0.714. The van der Waals surface area contributed by atoms with Crippen LogP contribution in [0.25, 0.3) is 0 Å². The number of hydrogen-bond acceptors (Lipinski definition) is 1. The molecule has 1 saturated carbocycles. The maximum atomic E-state index is 14.8. The molecular formula is C28H43FO. The van der Waals surface area contributed by atoms with Gasteiger partial charge >= 0.3 is 0 Å². The lowest BCUT2D eigenvalue weighted by Crippen LogP contribution is -2.25. The van der Waals surface area contributed by atoms with E-state index in [1.807, 2.05) is 6.07 Å². The van der Waals surface area contributed by atoms with Gasteiger partial charge in [-0.25, -0.2) is 4.39 Å². The van der Waals surface area contributed by atoms with Crippen molar-refractivity contribution in [1.82, 2.24) is 0 Å². The monoisotopic (exact) mass is 414 g/mol. The van der Waals surface area contributed by atoms with Crippen molar-refractivity contribution in [2.24, 2.45) is 5.41 Å². The Balaban J connectivity index is 1.76. The Bertz CT molecular complexity index is 666. The molecule has 0 aliphatic heterocycles. The smallest absolute Gasteiger partial charge is 0.165 e. The molecule has 2 aliphatic rings. The highest BCUT2D eigenvalue weighted by Gasteiger charge is 2.32. The van der Waals surface area contributed by atoms with Gasteiger partial charge in [-0.05, 0) is 99.7 Å². The molecule has 0 bridgehead atoms. The quantitative estimate of drug-likeness (QED) is 0.328. The average molecular weight is 415 g/mol. The summed E-state index contributed by atoms with van der Waals surface area (Å²) in [5.74, 6) is 0.648. The van der Waals surface area contributed by atoms with Gasteiger partial charge in [-0.15, -0.1) is 0 Å². The van der Waals surface area contributed by atoms with E-state index in [1.165, 1.54) is 89.0 Å². The van der Waals surface area contributed by atoms with Crippen molar-refractivity contribution in [2.45, 2.75) is 116 Å². The summed E-state index contributed by atoms with van der Waals surface area (Å²) in [4.78, 5) is 0. The van der Waals surface area contributed by atoms with Crippen molar-refractivity contribution in [3.05, 3.63) is 41.2 Å². The maximum Gasteiger partial charge on any atom is 0.165 e. The topological polar surface area (TPSA) is 9.23 Å². The average Bonchev–Trinajstić information content (AvgIpc) is 2.77. The highest BCUT2D eigenvalue weighted by Crippen LogP contribution is 2.46. The predicted octanol–water partition coefficient (Wildman–Crippen LogP) is 9.12. The first-order valence-electron chi connectivity index (χ1n) is 12.8. The molecule has 0 N–H and O–H groups in total. The molecule has 0 amide bonds. The summed E-state index contributed by atoms with van der Waals surface area (Å²) >= 11 is 0. The Morgan fingerprint density at radius 1 is 1.00 bits per heavy atom. The standard InChI is InChI=1S/C28H43FO/c1-3-16-28(17-9-6-10-18-28)19-15-25(21-23-11-7-5-8-12-23)24-13-14-27(26(29)22-24)30-20-4-2/h11,13-14,22,25H,3-10,12,15-21H2,1-2H3. The van der Waals surface area contributed by atoms with Gasteiger partial charge in [0.25, 0.3) is 0 Å². The van der Waals surface area contributed by atoms with Crippen LogP contribution in [0, 0.1) is 11.2 Å². The highest BCUT2D eigenvalue weighted by molar-refractivity contribution is 5.32. The maximum absolute atomic E-state index is 14.8. The second-order valence-corrected chi connectivity index (χ2v) is 9.90. The van der Waals surface area contributed by atoms with Gasteiger partial charge in [-0.2, -0.15) is 0 Å². The fourth-order valence-corrected chi connectivity index (χ4v) is 5.83. The number of halogens is 1. The Labute approximate surface area is 184 Å². The number of rotatable bonds is 11. The molecule has 30 heavy (non-hydrogen) atoms. The lowest BCUT2D eigenvalue weighted by molar-refractivity contribution is 0.147. The van der Waals surface area contributed by atoms with E-state index in [9.17, 15) is 4.39 Å². The molecule has 3 rings (SSSR count). The van der Waals surface area contributed by atoms with Crippen LogP contribution in [0.15, 0.2) is 29.8 Å². The first kappa shape index (κ1) is 23.4. The number of benzene rings is 1. The first-order chi connectivity index (χ1) is 14.7. The van der Waals surface area contributed by atoms with E-state index in [1.54, 1.807) is 11.6 Å². The SMILES string of the molecule is CCCOc1ccc(C(CCC2(CCC)CCCCC2)CC2=CCCCC2)cc1F. The number of ether oxygens (including phenoxy) is 1. The summed E-state index contributed by atoms with van der Waals surface area (Å²) in [7, 11) is 0. The predicted molar refractivity (Wildman–Crippen MR) is 126 cm³/mol. The zero-order valence-corrected chi connectivity index (χ0v) is 19.5. The Morgan fingerprint density at radius 3 is 2.50 bits per heavy atom. The molecule has 0 spiro atoms. The minimum Gasteiger partial charge on any atom is -0.491 e. The number of hydrogen-bond donors (Lipinski definition) is 0. The van der Waals surface area contributed by atoms with E-state index in [0.29, 0.717) is 23.7 Å². The van der Waals surface area contributed by atoms with Crippen LogP contribution in [-0.2, 0) is 0 Å². The summed E-state index contributed by atoms with van der Waals surface area (Å²) in [5.41, 5.74) is 3.31. The number of allylic oxidation sites excluding steroid dienone is 2. The molecule has 1 atom stereocenters. The van der Waals surface area contributed by atoms with E-state index in [4.69, 9.17) is 4.74 Å². The molecule has 168 valence electrons. The van der Waals surface area contributed by atoms with Crippen LogP contribution in [0.2, 0.25) is 0 Å². The molecule has 2 heteroatoms. The van der Waals surface area contributed by atoms with Gasteiger partial charge in [0.1, 0.15) is 0 Å². The van der Waals surface area contributed by atoms with Crippen molar-refractivity contribution in [3.8, 4) is 5.75 Å². The van der Waals surface area contributed by atoms with Crippen LogP contribution in [0.4, 0.5) is 4.39 Å². The van der Waals surface area contributed by atoms with Gasteiger partial charge in [-0.3, -0.25) is 0 Å². The molecule has 1 nitrogen and oxygen atoms in total. The Morgan fingerprint density at radius 2 is 1.83 bits per heavy atom. The lowest BCUT2D eigenvalue weighted by atomic mass is 9.67. The molecule has 1 aromatic carbocycles. The second-order valence-electron chi connectivity index (χ2n) is 9.90. The summed E-state index contributed by atoms with van der Waals surface area (Å²) in [6.07, 6.45) is 21.7. The van der Waals surface area contributed by atoms with Crippen molar-refractivity contribution >= 4 is 0 Å². The van der Waals surface area contributed by atoms with Gasteiger partial charge in [0, 0.05) is 0 Å². The molecule has 2 aliphatic carbocycles.